The average molecular weight is 362 g/mol. The Kier molecular flexibility index (Phi) is 6.36. The molecule has 0 aromatic heterocycles. The van der Waals surface area contributed by atoms with E-state index in [1.54, 1.807) is 7.05 Å². The van der Waals surface area contributed by atoms with Gasteiger partial charge in [-0.15, -0.1) is 0 Å². The molecule has 0 bridgehead atoms. The maximum absolute atomic E-state index is 10.7. The molecule has 132 valence electrons. The van der Waals surface area contributed by atoms with Gasteiger partial charge in [-0.1, -0.05) is 11.6 Å². The smallest absolute Gasteiger partial charge is 0.271 e. The molecule has 0 N–H and O–H groups in total. The Balaban J connectivity index is 2.19. The van der Waals surface area contributed by atoms with E-state index in [2.05, 4.69) is 23.7 Å². The molecule has 7 heteroatoms. The lowest BCUT2D eigenvalue weighted by atomic mass is 10.1. The average Bonchev–Trinajstić information content (AvgIpc) is 2.62. The standard InChI is InChI=1S/C18H20ClN3O3/c1-4-21(5-2)18(20-3)13-6-9-15(10-7-13)25-17-11-8-14(22(23)24)12-16(17)19/h6-12H,4-5H2,1-3H3. The molecule has 0 saturated heterocycles. The van der Waals surface area contributed by atoms with E-state index in [9.17, 15) is 10.1 Å². The zero-order valence-electron chi connectivity index (χ0n) is 14.4. The molecule has 0 atom stereocenters. The lowest BCUT2D eigenvalue weighted by Crippen LogP contribution is -2.31. The highest BCUT2D eigenvalue weighted by molar-refractivity contribution is 6.32. The summed E-state index contributed by atoms with van der Waals surface area (Å²) in [6.07, 6.45) is 0. The van der Waals surface area contributed by atoms with Gasteiger partial charge in [0, 0.05) is 37.8 Å². The van der Waals surface area contributed by atoms with Crippen LogP contribution in [0, 0.1) is 10.1 Å². The number of benzene rings is 2. The molecule has 0 aliphatic heterocycles. The van der Waals surface area contributed by atoms with E-state index in [0.29, 0.717) is 11.5 Å². The van der Waals surface area contributed by atoms with E-state index in [-0.39, 0.29) is 10.7 Å². The van der Waals surface area contributed by atoms with Crippen molar-refractivity contribution >= 4 is 23.1 Å². The number of non-ortho nitro benzene ring substituents is 1. The van der Waals surface area contributed by atoms with E-state index >= 15 is 0 Å². The molecule has 0 heterocycles. The molecular formula is C18H20ClN3O3. The van der Waals surface area contributed by atoms with E-state index in [0.717, 1.165) is 24.5 Å². The molecule has 0 saturated carbocycles. The van der Waals surface area contributed by atoms with Crippen LogP contribution in [0.4, 0.5) is 5.69 Å². The van der Waals surface area contributed by atoms with Crippen LogP contribution in [0.25, 0.3) is 0 Å². The first-order valence-electron chi connectivity index (χ1n) is 7.94. The minimum absolute atomic E-state index is 0.0734. The Morgan fingerprint density at radius 3 is 2.32 bits per heavy atom. The van der Waals surface area contributed by atoms with Gasteiger partial charge in [-0.2, -0.15) is 0 Å². The van der Waals surface area contributed by atoms with Gasteiger partial charge < -0.3 is 9.64 Å². The Labute approximate surface area is 151 Å². The molecule has 0 spiro atoms. The minimum Gasteiger partial charge on any atom is -0.456 e. The molecule has 0 fully saturated rings. The van der Waals surface area contributed by atoms with Crippen molar-refractivity contribution in [2.75, 3.05) is 20.1 Å². The number of hydrogen-bond acceptors (Lipinski definition) is 4. The number of rotatable bonds is 6. The predicted octanol–water partition coefficient (Wildman–Crippen LogP) is 4.76. The summed E-state index contributed by atoms with van der Waals surface area (Å²) in [6, 6.07) is 11.6. The summed E-state index contributed by atoms with van der Waals surface area (Å²) in [5.41, 5.74) is 0.920. The molecule has 2 rings (SSSR count). The van der Waals surface area contributed by atoms with Crippen molar-refractivity contribution in [3.8, 4) is 11.5 Å². The van der Waals surface area contributed by atoms with Crippen molar-refractivity contribution in [1.82, 2.24) is 4.90 Å². The third-order valence-corrected chi connectivity index (χ3v) is 4.04. The quantitative estimate of drug-likeness (QED) is 0.322. The van der Waals surface area contributed by atoms with E-state index in [4.69, 9.17) is 16.3 Å². The molecule has 2 aromatic rings. The fourth-order valence-electron chi connectivity index (χ4n) is 2.46. The van der Waals surface area contributed by atoms with E-state index in [1.165, 1.54) is 18.2 Å². The normalized spacial score (nSPS) is 11.3. The molecular weight excluding hydrogens is 342 g/mol. The number of hydrogen-bond donors (Lipinski definition) is 0. The summed E-state index contributed by atoms with van der Waals surface area (Å²) < 4.78 is 5.72. The van der Waals surface area contributed by atoms with Crippen LogP contribution in [0.15, 0.2) is 47.5 Å². The number of halogens is 1. The first-order valence-corrected chi connectivity index (χ1v) is 8.31. The Hall–Kier alpha value is -2.60. The van der Waals surface area contributed by atoms with Crippen LogP contribution >= 0.6 is 11.6 Å². The number of nitrogens with zero attached hydrogens (tertiary/aromatic N) is 3. The minimum atomic E-state index is -0.497. The molecule has 6 nitrogen and oxygen atoms in total. The fraction of sp³-hybridized carbons (Fsp3) is 0.278. The summed E-state index contributed by atoms with van der Waals surface area (Å²) in [6.45, 7) is 5.92. The van der Waals surface area contributed by atoms with Crippen LogP contribution in [0.1, 0.15) is 19.4 Å². The summed E-state index contributed by atoms with van der Waals surface area (Å²) in [7, 11) is 1.77. The zero-order chi connectivity index (χ0) is 18.4. The lowest BCUT2D eigenvalue weighted by Gasteiger charge is -2.23. The van der Waals surface area contributed by atoms with Gasteiger partial charge in [0.1, 0.15) is 17.3 Å². The fourth-order valence-corrected chi connectivity index (χ4v) is 2.67. The summed E-state index contributed by atoms with van der Waals surface area (Å²) >= 11 is 6.05. The number of ether oxygens (including phenoxy) is 1. The molecule has 0 amide bonds. The van der Waals surface area contributed by atoms with Gasteiger partial charge in [-0.05, 0) is 44.2 Å². The maximum atomic E-state index is 10.7. The summed E-state index contributed by atoms with van der Waals surface area (Å²) in [5.74, 6) is 1.88. The highest BCUT2D eigenvalue weighted by Crippen LogP contribution is 2.32. The topological polar surface area (TPSA) is 68.0 Å². The van der Waals surface area contributed by atoms with Crippen LogP contribution in [0.3, 0.4) is 0 Å². The number of amidine groups is 1. The van der Waals surface area contributed by atoms with E-state index in [1.807, 2.05) is 24.3 Å². The number of nitro groups is 1. The number of nitro benzene ring substituents is 1. The van der Waals surface area contributed by atoms with Crippen molar-refractivity contribution < 1.29 is 9.66 Å². The molecule has 0 aliphatic carbocycles. The van der Waals surface area contributed by atoms with Crippen molar-refractivity contribution in [3.05, 3.63) is 63.2 Å². The Morgan fingerprint density at radius 1 is 1.20 bits per heavy atom. The third-order valence-electron chi connectivity index (χ3n) is 3.74. The van der Waals surface area contributed by atoms with Gasteiger partial charge in [-0.25, -0.2) is 0 Å². The second kappa shape index (κ2) is 8.48. The zero-order valence-corrected chi connectivity index (χ0v) is 15.2. The highest BCUT2D eigenvalue weighted by Gasteiger charge is 2.12. The van der Waals surface area contributed by atoms with Crippen LogP contribution in [-0.2, 0) is 0 Å². The van der Waals surface area contributed by atoms with Gasteiger partial charge in [0.25, 0.3) is 5.69 Å². The molecule has 0 unspecified atom stereocenters. The molecule has 0 radical (unpaired) electrons. The van der Waals surface area contributed by atoms with E-state index < -0.39 is 4.92 Å². The first kappa shape index (κ1) is 18.7. The molecule has 0 aliphatic rings. The first-order chi connectivity index (χ1) is 12.0. The predicted molar refractivity (Wildman–Crippen MR) is 100 cm³/mol. The monoisotopic (exact) mass is 361 g/mol. The second-order valence-electron chi connectivity index (χ2n) is 5.22. The Bertz CT molecular complexity index is 772. The summed E-state index contributed by atoms with van der Waals surface area (Å²) in [4.78, 5) is 16.8. The van der Waals surface area contributed by atoms with Crippen molar-refractivity contribution in [3.63, 3.8) is 0 Å². The van der Waals surface area contributed by atoms with Crippen LogP contribution in [0.5, 0.6) is 11.5 Å². The van der Waals surface area contributed by atoms with Crippen LogP contribution in [0.2, 0.25) is 5.02 Å². The van der Waals surface area contributed by atoms with Gasteiger partial charge in [0.15, 0.2) is 0 Å². The SMILES string of the molecule is CCN(CC)C(=NC)c1ccc(Oc2ccc([N+](=O)[O-])cc2Cl)cc1. The van der Waals surface area contributed by atoms with Gasteiger partial charge in [-0.3, -0.25) is 15.1 Å². The number of aliphatic imine (C=N–C) groups is 1. The van der Waals surface area contributed by atoms with Crippen molar-refractivity contribution in [2.45, 2.75) is 13.8 Å². The lowest BCUT2D eigenvalue weighted by molar-refractivity contribution is -0.384. The Morgan fingerprint density at radius 2 is 1.84 bits per heavy atom. The third kappa shape index (κ3) is 4.48. The van der Waals surface area contributed by atoms with Crippen LogP contribution < -0.4 is 4.74 Å². The van der Waals surface area contributed by atoms with Crippen molar-refractivity contribution in [2.24, 2.45) is 4.99 Å². The largest absolute Gasteiger partial charge is 0.456 e. The second-order valence-corrected chi connectivity index (χ2v) is 5.62. The van der Waals surface area contributed by atoms with Gasteiger partial charge in [0.05, 0.1) is 9.95 Å². The van der Waals surface area contributed by atoms with Crippen molar-refractivity contribution in [1.29, 1.82) is 0 Å². The van der Waals surface area contributed by atoms with Gasteiger partial charge in [0.2, 0.25) is 0 Å². The molecule has 25 heavy (non-hydrogen) atoms. The van der Waals surface area contributed by atoms with Gasteiger partial charge >= 0.3 is 0 Å². The van der Waals surface area contributed by atoms with Crippen LogP contribution in [-0.4, -0.2) is 35.8 Å². The highest BCUT2D eigenvalue weighted by atomic mass is 35.5. The summed E-state index contributed by atoms with van der Waals surface area (Å²) in [5, 5.41) is 10.9. The molecule has 2 aromatic carbocycles. The maximum Gasteiger partial charge on any atom is 0.271 e.